The maximum atomic E-state index is 12.6. The van der Waals surface area contributed by atoms with Crippen LogP contribution >= 0.6 is 34.8 Å². The van der Waals surface area contributed by atoms with Crippen LogP contribution in [-0.4, -0.2) is 12.6 Å². The number of carbonyl (C=O) groups excluding carboxylic acids is 1. The maximum absolute atomic E-state index is 12.6. The van der Waals surface area contributed by atoms with Crippen molar-refractivity contribution >= 4 is 51.5 Å². The summed E-state index contributed by atoms with van der Waals surface area (Å²) in [4.78, 5) is 12.6. The van der Waals surface area contributed by atoms with Gasteiger partial charge in [0.15, 0.2) is 5.75 Å². The van der Waals surface area contributed by atoms with Gasteiger partial charge in [-0.05, 0) is 47.5 Å². The summed E-state index contributed by atoms with van der Waals surface area (Å²) in [5, 5.41) is 2.70. The fourth-order valence-corrected chi connectivity index (χ4v) is 4.18. The lowest BCUT2D eigenvalue weighted by atomic mass is 10.1. The molecule has 0 saturated heterocycles. The van der Waals surface area contributed by atoms with Gasteiger partial charge < -0.3 is 9.47 Å². The Morgan fingerprint density at radius 3 is 2.12 bits per heavy atom. The number of halogens is 3. The molecule has 0 fully saturated rings. The second-order valence-corrected chi connectivity index (χ2v) is 9.35. The molecule has 0 spiro atoms. The Hall–Kier alpha value is -1.94. The van der Waals surface area contributed by atoms with Gasteiger partial charge in [-0.25, -0.2) is 4.79 Å². The second-order valence-electron chi connectivity index (χ2n) is 8.13. The molecule has 0 radical (unpaired) electrons. The summed E-state index contributed by atoms with van der Waals surface area (Å²) >= 11 is 18.0. The first-order valence-corrected chi connectivity index (χ1v) is 12.6. The molecule has 0 amide bonds. The molecular weight excluding hydrogens is 479 g/mol. The predicted molar refractivity (Wildman–Crippen MR) is 138 cm³/mol. The number of ether oxygens (including phenoxy) is 2. The van der Waals surface area contributed by atoms with E-state index in [1.807, 2.05) is 24.3 Å². The molecule has 6 heteroatoms. The number of rotatable bonds is 12. The molecule has 3 rings (SSSR count). The number of hydrogen-bond acceptors (Lipinski definition) is 3. The monoisotopic (exact) mass is 506 g/mol. The van der Waals surface area contributed by atoms with Crippen LogP contribution in [0.4, 0.5) is 0 Å². The normalized spacial score (nSPS) is 11.0. The van der Waals surface area contributed by atoms with Crippen molar-refractivity contribution in [2.45, 2.75) is 58.3 Å². The highest BCUT2D eigenvalue weighted by Gasteiger charge is 2.14. The number of esters is 1. The molecule has 0 aliphatic rings. The van der Waals surface area contributed by atoms with E-state index in [-0.39, 0.29) is 15.8 Å². The van der Waals surface area contributed by atoms with Crippen molar-refractivity contribution in [3.8, 4) is 11.5 Å². The van der Waals surface area contributed by atoms with Gasteiger partial charge in [0.1, 0.15) is 5.75 Å². The molecule has 0 unspecified atom stereocenters. The Morgan fingerprint density at radius 2 is 1.36 bits per heavy atom. The Kier molecular flexibility index (Phi) is 10.2. The molecule has 0 saturated carbocycles. The van der Waals surface area contributed by atoms with E-state index in [1.165, 1.54) is 57.1 Å². The van der Waals surface area contributed by atoms with Gasteiger partial charge in [-0.3, -0.25) is 0 Å². The smallest absolute Gasteiger partial charge is 0.343 e. The topological polar surface area (TPSA) is 35.5 Å². The van der Waals surface area contributed by atoms with Crippen molar-refractivity contribution in [3.63, 3.8) is 0 Å². The lowest BCUT2D eigenvalue weighted by Crippen LogP contribution is -2.08. The van der Waals surface area contributed by atoms with Crippen molar-refractivity contribution in [2.75, 3.05) is 6.61 Å². The molecule has 3 aromatic carbocycles. The van der Waals surface area contributed by atoms with Gasteiger partial charge in [-0.2, -0.15) is 0 Å². The van der Waals surface area contributed by atoms with Crippen LogP contribution in [0, 0.1) is 0 Å². The minimum absolute atomic E-state index is 0.167. The van der Waals surface area contributed by atoms with E-state index >= 15 is 0 Å². The van der Waals surface area contributed by atoms with E-state index in [0.717, 1.165) is 29.5 Å². The summed E-state index contributed by atoms with van der Waals surface area (Å²) in [6.45, 7) is 2.96. The Labute approximate surface area is 210 Å². The van der Waals surface area contributed by atoms with E-state index in [0.29, 0.717) is 10.6 Å². The van der Waals surface area contributed by atoms with Gasteiger partial charge >= 0.3 is 5.97 Å². The summed E-state index contributed by atoms with van der Waals surface area (Å²) < 4.78 is 11.3. The van der Waals surface area contributed by atoms with Crippen molar-refractivity contribution in [2.24, 2.45) is 0 Å². The van der Waals surface area contributed by atoms with Crippen molar-refractivity contribution < 1.29 is 14.3 Å². The fraction of sp³-hybridized carbons (Fsp3) is 0.370. The molecule has 0 heterocycles. The first-order chi connectivity index (χ1) is 16.0. The lowest BCUT2D eigenvalue weighted by molar-refractivity contribution is 0.0735. The quantitative estimate of drug-likeness (QED) is 0.106. The van der Waals surface area contributed by atoms with E-state index < -0.39 is 5.97 Å². The van der Waals surface area contributed by atoms with Crippen LogP contribution in [0.3, 0.4) is 0 Å². The lowest BCUT2D eigenvalue weighted by Gasteiger charge is -2.10. The standard InChI is InChI=1S/C27H29Cl3O3/c1-2-3-4-5-6-7-8-9-14-32-22-13-12-19-15-21(11-10-20(19)16-22)27(31)33-26-18-24(29)23(28)17-25(26)30/h10-13,15-18H,2-9,14H2,1H3. The highest BCUT2D eigenvalue weighted by atomic mass is 35.5. The molecule has 0 aromatic heterocycles. The third kappa shape index (κ3) is 7.81. The van der Waals surface area contributed by atoms with E-state index in [2.05, 4.69) is 6.92 Å². The molecule has 0 bridgehead atoms. The molecule has 0 aliphatic carbocycles. The van der Waals surface area contributed by atoms with Crippen molar-refractivity contribution in [1.82, 2.24) is 0 Å². The van der Waals surface area contributed by atoms with Gasteiger partial charge in [0.05, 0.1) is 27.2 Å². The third-order valence-corrected chi connectivity index (χ3v) is 6.51. The number of unbranched alkanes of at least 4 members (excludes halogenated alkanes) is 7. The summed E-state index contributed by atoms with van der Waals surface area (Å²) in [6.07, 6.45) is 10.2. The zero-order valence-electron chi connectivity index (χ0n) is 18.8. The van der Waals surface area contributed by atoms with Gasteiger partial charge in [0.25, 0.3) is 0 Å². The average Bonchev–Trinajstić information content (AvgIpc) is 2.81. The van der Waals surface area contributed by atoms with Gasteiger partial charge in [-0.15, -0.1) is 0 Å². The van der Waals surface area contributed by atoms with E-state index in [4.69, 9.17) is 44.3 Å². The first kappa shape index (κ1) is 25.7. The minimum Gasteiger partial charge on any atom is -0.494 e. The van der Waals surface area contributed by atoms with Crippen LogP contribution in [0.1, 0.15) is 68.6 Å². The molecule has 33 heavy (non-hydrogen) atoms. The van der Waals surface area contributed by atoms with Crippen LogP contribution in [0.5, 0.6) is 11.5 Å². The molecule has 3 aromatic rings. The molecule has 3 nitrogen and oxygen atoms in total. The largest absolute Gasteiger partial charge is 0.494 e. The van der Waals surface area contributed by atoms with Crippen molar-refractivity contribution in [3.05, 3.63) is 69.2 Å². The van der Waals surface area contributed by atoms with Crippen LogP contribution in [0.15, 0.2) is 48.5 Å². The summed E-state index contributed by atoms with van der Waals surface area (Å²) in [6, 6.07) is 14.1. The van der Waals surface area contributed by atoms with Crippen LogP contribution in [0.2, 0.25) is 15.1 Å². The fourth-order valence-electron chi connectivity index (χ4n) is 3.61. The molecular formula is C27H29Cl3O3. The average molecular weight is 508 g/mol. The maximum Gasteiger partial charge on any atom is 0.343 e. The van der Waals surface area contributed by atoms with Gasteiger partial charge in [0.2, 0.25) is 0 Å². The Bertz CT molecular complexity index is 1080. The van der Waals surface area contributed by atoms with E-state index in [9.17, 15) is 4.79 Å². The number of fused-ring (bicyclic) bond motifs is 1. The summed E-state index contributed by atoms with van der Waals surface area (Å²) in [5.74, 6) is 0.483. The molecule has 0 N–H and O–H groups in total. The summed E-state index contributed by atoms with van der Waals surface area (Å²) in [5.41, 5.74) is 0.414. The van der Waals surface area contributed by atoms with E-state index in [1.54, 1.807) is 12.1 Å². The molecule has 176 valence electrons. The van der Waals surface area contributed by atoms with Crippen LogP contribution in [-0.2, 0) is 0 Å². The Morgan fingerprint density at radius 1 is 0.727 bits per heavy atom. The highest BCUT2D eigenvalue weighted by molar-refractivity contribution is 6.43. The van der Waals surface area contributed by atoms with Crippen LogP contribution < -0.4 is 9.47 Å². The summed E-state index contributed by atoms with van der Waals surface area (Å²) in [7, 11) is 0. The SMILES string of the molecule is CCCCCCCCCCOc1ccc2cc(C(=O)Oc3cc(Cl)c(Cl)cc3Cl)ccc2c1. The minimum atomic E-state index is -0.521. The zero-order chi connectivity index (χ0) is 23.6. The van der Waals surface area contributed by atoms with Gasteiger partial charge in [0, 0.05) is 6.07 Å². The van der Waals surface area contributed by atoms with Crippen LogP contribution in [0.25, 0.3) is 10.8 Å². The molecule has 0 aliphatic heterocycles. The predicted octanol–water partition coefficient (Wildman–Crippen LogP) is 9.54. The van der Waals surface area contributed by atoms with Crippen molar-refractivity contribution in [1.29, 1.82) is 0 Å². The number of benzene rings is 3. The zero-order valence-corrected chi connectivity index (χ0v) is 21.1. The third-order valence-electron chi connectivity index (χ3n) is 5.49. The van der Waals surface area contributed by atoms with Gasteiger partial charge in [-0.1, -0.05) is 98.8 Å². The second kappa shape index (κ2) is 13.1. The number of hydrogen-bond donors (Lipinski definition) is 0. The highest BCUT2D eigenvalue weighted by Crippen LogP contribution is 2.34. The molecule has 0 atom stereocenters. The Balaban J connectivity index is 1.52. The first-order valence-electron chi connectivity index (χ1n) is 11.5. The number of carbonyl (C=O) groups is 1.